The molecule has 0 spiro atoms. The van der Waals surface area contributed by atoms with Crippen LogP contribution in [-0.4, -0.2) is 5.54 Å². The number of para-hydroxylation sites is 1. The molecule has 6 rings (SSSR count). The van der Waals surface area contributed by atoms with Gasteiger partial charge in [0, 0.05) is 11.1 Å². The first-order valence-electron chi connectivity index (χ1n) is 13.8. The van der Waals surface area contributed by atoms with Crippen molar-refractivity contribution >= 4 is 22.1 Å². The highest BCUT2D eigenvalue weighted by molar-refractivity contribution is 5.91. The predicted molar refractivity (Wildman–Crippen MR) is 169 cm³/mol. The highest BCUT2D eigenvalue weighted by Crippen LogP contribution is 2.44. The molecule has 1 nitrogen and oxygen atoms in total. The van der Waals surface area contributed by atoms with E-state index in [1.54, 1.807) is 29.2 Å². The van der Waals surface area contributed by atoms with E-state index >= 15 is 8.78 Å². The molecule has 0 aliphatic rings. The first-order valence-corrected chi connectivity index (χ1v) is 13.8. The number of hydrogen-bond acceptors (Lipinski definition) is 1. The van der Waals surface area contributed by atoms with Crippen molar-refractivity contribution in [1.29, 1.82) is 0 Å². The molecule has 0 bridgehead atoms. The van der Waals surface area contributed by atoms with Gasteiger partial charge in [-0.15, -0.1) is 0 Å². The van der Waals surface area contributed by atoms with Crippen LogP contribution in [0.5, 0.6) is 0 Å². The zero-order valence-corrected chi connectivity index (χ0v) is 23.4. The summed E-state index contributed by atoms with van der Waals surface area (Å²) in [4.78, 5) is 1.75. The predicted octanol–water partition coefficient (Wildman–Crippen LogP) is 11.1. The van der Waals surface area contributed by atoms with Gasteiger partial charge in [-0.25, -0.2) is 8.78 Å². The normalized spacial score (nSPS) is 11.5. The number of anilines is 2. The lowest BCUT2D eigenvalue weighted by molar-refractivity contribution is 0.527. The number of nitrogens with zero attached hydrogens (tertiary/aromatic N) is 1. The van der Waals surface area contributed by atoms with Crippen LogP contribution in [0.25, 0.3) is 44.2 Å². The lowest BCUT2D eigenvalue weighted by Crippen LogP contribution is -2.38. The van der Waals surface area contributed by atoms with Crippen molar-refractivity contribution in [2.45, 2.75) is 26.3 Å². The van der Waals surface area contributed by atoms with Gasteiger partial charge in [-0.2, -0.15) is 0 Å². The maximum absolute atomic E-state index is 17.1. The SMILES string of the molecule is CC(C)(C)N(c1ccccc1F)c1ccc(-c2ccccc2)c(-c2cccc(-c3ccc4ccccc4c3)c2)c1F. The van der Waals surface area contributed by atoms with Gasteiger partial charge in [-0.05, 0) is 89.7 Å². The lowest BCUT2D eigenvalue weighted by Gasteiger charge is -2.38. The molecule has 3 heteroatoms. The molecular weight excluding hydrogens is 508 g/mol. The molecule has 0 aliphatic heterocycles. The van der Waals surface area contributed by atoms with E-state index < -0.39 is 11.4 Å². The van der Waals surface area contributed by atoms with Gasteiger partial charge in [-0.1, -0.05) is 103 Å². The molecule has 6 aromatic carbocycles. The summed E-state index contributed by atoms with van der Waals surface area (Å²) in [6.45, 7) is 5.89. The molecule has 0 radical (unpaired) electrons. The van der Waals surface area contributed by atoms with E-state index in [9.17, 15) is 0 Å². The van der Waals surface area contributed by atoms with Crippen molar-refractivity contribution in [3.05, 3.63) is 145 Å². The largest absolute Gasteiger partial charge is 0.331 e. The molecule has 6 aromatic rings. The quantitative estimate of drug-likeness (QED) is 0.211. The molecule has 202 valence electrons. The van der Waals surface area contributed by atoms with Crippen molar-refractivity contribution < 1.29 is 8.78 Å². The average Bonchev–Trinajstić information content (AvgIpc) is 2.98. The van der Waals surface area contributed by atoms with E-state index in [0.29, 0.717) is 16.9 Å². The van der Waals surface area contributed by atoms with Gasteiger partial charge in [0.15, 0.2) is 5.82 Å². The van der Waals surface area contributed by atoms with Crippen LogP contribution >= 0.6 is 0 Å². The second-order valence-electron chi connectivity index (χ2n) is 11.3. The van der Waals surface area contributed by atoms with Crippen molar-refractivity contribution in [1.82, 2.24) is 0 Å². The Hall–Kier alpha value is -4.76. The number of rotatable bonds is 5. The highest BCUT2D eigenvalue weighted by Gasteiger charge is 2.30. The zero-order chi connectivity index (χ0) is 28.6. The fourth-order valence-electron chi connectivity index (χ4n) is 5.59. The summed E-state index contributed by atoms with van der Waals surface area (Å²) in [5, 5.41) is 2.33. The van der Waals surface area contributed by atoms with Gasteiger partial charge in [0.2, 0.25) is 0 Å². The second kappa shape index (κ2) is 10.7. The van der Waals surface area contributed by atoms with E-state index in [2.05, 4.69) is 36.4 Å². The van der Waals surface area contributed by atoms with Crippen LogP contribution in [0.1, 0.15) is 20.8 Å². The fraction of sp³-hybridized carbons (Fsp3) is 0.105. The highest BCUT2D eigenvalue weighted by atomic mass is 19.1. The smallest absolute Gasteiger partial charge is 0.155 e. The van der Waals surface area contributed by atoms with Crippen molar-refractivity contribution in [3.8, 4) is 33.4 Å². The van der Waals surface area contributed by atoms with Crippen LogP contribution in [0, 0.1) is 11.6 Å². The van der Waals surface area contributed by atoms with Gasteiger partial charge < -0.3 is 4.90 Å². The Balaban J connectivity index is 1.58. The van der Waals surface area contributed by atoms with Gasteiger partial charge in [-0.3, -0.25) is 0 Å². The number of halogens is 2. The first kappa shape index (κ1) is 26.5. The topological polar surface area (TPSA) is 3.24 Å². The minimum Gasteiger partial charge on any atom is -0.331 e. The summed E-state index contributed by atoms with van der Waals surface area (Å²) in [5.41, 5.74) is 5.07. The van der Waals surface area contributed by atoms with E-state index in [0.717, 1.165) is 33.2 Å². The summed E-state index contributed by atoms with van der Waals surface area (Å²) >= 11 is 0. The van der Waals surface area contributed by atoms with Crippen LogP contribution in [0.3, 0.4) is 0 Å². The third-order valence-electron chi connectivity index (χ3n) is 7.45. The van der Waals surface area contributed by atoms with Crippen molar-refractivity contribution in [2.75, 3.05) is 4.90 Å². The summed E-state index contributed by atoms with van der Waals surface area (Å²) in [6.07, 6.45) is 0. The third kappa shape index (κ3) is 5.12. The van der Waals surface area contributed by atoms with Crippen molar-refractivity contribution in [2.24, 2.45) is 0 Å². The number of benzene rings is 6. The minimum atomic E-state index is -0.596. The molecule has 0 amide bonds. The Morgan fingerprint density at radius 1 is 0.488 bits per heavy atom. The Kier molecular flexibility index (Phi) is 6.88. The Labute approximate surface area is 240 Å². The van der Waals surface area contributed by atoms with E-state index in [1.165, 1.54) is 11.5 Å². The summed E-state index contributed by atoms with van der Waals surface area (Å²) < 4.78 is 32.2. The molecule has 0 heterocycles. The maximum Gasteiger partial charge on any atom is 0.155 e. The van der Waals surface area contributed by atoms with Gasteiger partial charge in [0.05, 0.1) is 11.4 Å². The standard InChI is InChI=1S/C38H31F2N/c1-38(2,3)41(34-19-10-9-18-33(34)39)35-23-22-32(27-13-5-4-6-14-27)36(37(35)40)31-17-11-16-29(25-31)30-21-20-26-12-7-8-15-28(26)24-30/h4-25H,1-3H3. The fourth-order valence-corrected chi connectivity index (χ4v) is 5.59. The third-order valence-corrected chi connectivity index (χ3v) is 7.45. The van der Waals surface area contributed by atoms with E-state index in [-0.39, 0.29) is 5.82 Å². The summed E-state index contributed by atoms with van der Waals surface area (Å²) in [5.74, 6) is -0.783. The zero-order valence-electron chi connectivity index (χ0n) is 23.4. The van der Waals surface area contributed by atoms with Crippen LogP contribution in [0.15, 0.2) is 133 Å². The van der Waals surface area contributed by atoms with E-state index in [4.69, 9.17) is 0 Å². The molecule has 0 saturated heterocycles. The van der Waals surface area contributed by atoms with Crippen LogP contribution in [-0.2, 0) is 0 Å². The summed E-state index contributed by atoms with van der Waals surface area (Å²) in [6, 6.07) is 42.8. The molecule has 0 aliphatic carbocycles. The summed E-state index contributed by atoms with van der Waals surface area (Å²) in [7, 11) is 0. The number of fused-ring (bicyclic) bond motifs is 1. The van der Waals surface area contributed by atoms with E-state index in [1.807, 2.05) is 87.5 Å². The molecule has 0 aromatic heterocycles. The molecule has 0 saturated carbocycles. The van der Waals surface area contributed by atoms with Crippen molar-refractivity contribution in [3.63, 3.8) is 0 Å². The molecule has 0 unspecified atom stereocenters. The van der Waals surface area contributed by atoms with Crippen LogP contribution in [0.4, 0.5) is 20.2 Å². The molecular formula is C38H31F2N. The Morgan fingerprint density at radius 2 is 1.12 bits per heavy atom. The van der Waals surface area contributed by atoms with Gasteiger partial charge >= 0.3 is 0 Å². The molecule has 0 N–H and O–H groups in total. The Morgan fingerprint density at radius 3 is 1.88 bits per heavy atom. The second-order valence-corrected chi connectivity index (χ2v) is 11.3. The number of hydrogen-bond donors (Lipinski definition) is 0. The first-order chi connectivity index (χ1) is 19.8. The molecule has 41 heavy (non-hydrogen) atoms. The monoisotopic (exact) mass is 539 g/mol. The molecule has 0 fully saturated rings. The van der Waals surface area contributed by atoms with Gasteiger partial charge in [0.25, 0.3) is 0 Å². The average molecular weight is 540 g/mol. The van der Waals surface area contributed by atoms with Crippen LogP contribution in [0.2, 0.25) is 0 Å². The minimum absolute atomic E-state index is 0.327. The van der Waals surface area contributed by atoms with Crippen LogP contribution < -0.4 is 4.90 Å². The lowest BCUT2D eigenvalue weighted by atomic mass is 9.90. The maximum atomic E-state index is 17.1. The Bertz CT molecular complexity index is 1850. The van der Waals surface area contributed by atoms with Gasteiger partial charge in [0.1, 0.15) is 5.82 Å². The molecule has 0 atom stereocenters.